The predicted molar refractivity (Wildman–Crippen MR) is 74.0 cm³/mol. The first kappa shape index (κ1) is 15.2. The molecule has 0 aliphatic carbocycles. The quantitative estimate of drug-likeness (QED) is 0.563. The summed E-state index contributed by atoms with van der Waals surface area (Å²) in [6.07, 6.45) is 1.74. The molecule has 0 saturated carbocycles. The lowest BCUT2D eigenvalue weighted by Crippen LogP contribution is -2.27. The van der Waals surface area contributed by atoms with Crippen LogP contribution in [0.25, 0.3) is 0 Å². The summed E-state index contributed by atoms with van der Waals surface area (Å²) >= 11 is 2.44. The Morgan fingerprint density at radius 3 is 2.94 bits per heavy atom. The molecule has 0 radical (unpaired) electrons. The molecule has 5 nitrogen and oxygen atoms in total. The van der Waals surface area contributed by atoms with Crippen LogP contribution >= 0.6 is 23.1 Å². The van der Waals surface area contributed by atoms with Crippen LogP contribution < -0.4 is 4.72 Å². The van der Waals surface area contributed by atoms with E-state index in [-0.39, 0.29) is 16.3 Å². The van der Waals surface area contributed by atoms with Gasteiger partial charge < -0.3 is 5.11 Å². The van der Waals surface area contributed by atoms with Crippen molar-refractivity contribution in [2.75, 3.05) is 18.1 Å². The standard InChI is InChI=1S/C10H13NO4S3/c1-2-5-16-7-4-11-18(14,15)8-3-6-17-9(8)10(12)13/h2-3,6,11H,1,4-5,7H2,(H,12,13). The van der Waals surface area contributed by atoms with Crippen molar-refractivity contribution in [1.82, 2.24) is 4.72 Å². The molecule has 8 heteroatoms. The fourth-order valence-corrected chi connectivity index (χ4v) is 4.16. The van der Waals surface area contributed by atoms with Crippen molar-refractivity contribution in [3.05, 3.63) is 29.0 Å². The number of aromatic carboxylic acids is 1. The van der Waals surface area contributed by atoms with Gasteiger partial charge in [0.05, 0.1) is 0 Å². The maximum Gasteiger partial charge on any atom is 0.347 e. The van der Waals surface area contributed by atoms with Crippen molar-refractivity contribution >= 4 is 39.1 Å². The predicted octanol–water partition coefficient (Wildman–Crippen LogP) is 1.64. The van der Waals surface area contributed by atoms with Crippen molar-refractivity contribution in [3.63, 3.8) is 0 Å². The number of rotatable bonds is 8. The van der Waals surface area contributed by atoms with Crippen molar-refractivity contribution in [2.45, 2.75) is 4.90 Å². The number of sulfonamides is 1. The molecule has 0 spiro atoms. The van der Waals surface area contributed by atoms with Gasteiger partial charge in [-0.3, -0.25) is 0 Å². The fraction of sp³-hybridized carbons (Fsp3) is 0.300. The van der Waals surface area contributed by atoms with Crippen LogP contribution in [0.15, 0.2) is 29.0 Å². The molecule has 0 saturated heterocycles. The Morgan fingerprint density at radius 1 is 1.61 bits per heavy atom. The van der Waals surface area contributed by atoms with Gasteiger partial charge in [-0.15, -0.1) is 17.9 Å². The van der Waals surface area contributed by atoms with Gasteiger partial charge in [-0.2, -0.15) is 11.8 Å². The van der Waals surface area contributed by atoms with E-state index < -0.39 is 16.0 Å². The number of thiophene rings is 1. The van der Waals surface area contributed by atoms with E-state index in [1.165, 1.54) is 11.4 Å². The summed E-state index contributed by atoms with van der Waals surface area (Å²) in [5, 5.41) is 10.3. The lowest BCUT2D eigenvalue weighted by molar-refractivity contribution is 0.0698. The maximum atomic E-state index is 11.9. The molecule has 0 aliphatic heterocycles. The molecule has 1 heterocycles. The molecule has 0 aromatic carbocycles. The van der Waals surface area contributed by atoms with E-state index in [0.717, 1.165) is 17.1 Å². The van der Waals surface area contributed by atoms with Crippen molar-refractivity contribution < 1.29 is 18.3 Å². The number of thioether (sulfide) groups is 1. The van der Waals surface area contributed by atoms with Gasteiger partial charge in [0.15, 0.2) is 0 Å². The van der Waals surface area contributed by atoms with Crippen LogP contribution in [0, 0.1) is 0 Å². The minimum absolute atomic E-state index is 0.166. The summed E-state index contributed by atoms with van der Waals surface area (Å²) in [7, 11) is -3.74. The zero-order valence-corrected chi connectivity index (χ0v) is 11.9. The van der Waals surface area contributed by atoms with Crippen molar-refractivity contribution in [3.8, 4) is 0 Å². The average molecular weight is 307 g/mol. The van der Waals surface area contributed by atoms with Gasteiger partial charge in [0.1, 0.15) is 9.77 Å². The van der Waals surface area contributed by atoms with E-state index in [1.54, 1.807) is 17.8 Å². The molecule has 18 heavy (non-hydrogen) atoms. The molecule has 0 aliphatic rings. The molecule has 1 rings (SSSR count). The molecule has 0 unspecified atom stereocenters. The highest BCUT2D eigenvalue weighted by Crippen LogP contribution is 2.21. The first-order valence-corrected chi connectivity index (χ1v) is 8.50. The lowest BCUT2D eigenvalue weighted by atomic mass is 10.5. The summed E-state index contributed by atoms with van der Waals surface area (Å²) < 4.78 is 26.1. The topological polar surface area (TPSA) is 83.5 Å². The van der Waals surface area contributed by atoms with Crippen LogP contribution in [0.4, 0.5) is 0 Å². The normalized spacial score (nSPS) is 11.3. The van der Waals surface area contributed by atoms with Gasteiger partial charge in [-0.1, -0.05) is 6.08 Å². The lowest BCUT2D eigenvalue weighted by Gasteiger charge is -2.05. The third kappa shape index (κ3) is 4.13. The Labute approximate surface area is 114 Å². The van der Waals surface area contributed by atoms with E-state index in [4.69, 9.17) is 5.11 Å². The number of carboxylic acids is 1. The number of hydrogen-bond donors (Lipinski definition) is 2. The second-order valence-electron chi connectivity index (χ2n) is 3.18. The van der Waals surface area contributed by atoms with E-state index in [0.29, 0.717) is 5.75 Å². The van der Waals surface area contributed by atoms with Gasteiger partial charge in [0, 0.05) is 18.1 Å². The van der Waals surface area contributed by atoms with Gasteiger partial charge in [-0.05, 0) is 11.4 Å². The number of carbonyl (C=O) groups is 1. The van der Waals surface area contributed by atoms with Crippen LogP contribution in [0.2, 0.25) is 0 Å². The SMILES string of the molecule is C=CCSCCNS(=O)(=O)c1ccsc1C(=O)O. The first-order chi connectivity index (χ1) is 8.49. The molecule has 2 N–H and O–H groups in total. The highest BCUT2D eigenvalue weighted by molar-refractivity contribution is 7.99. The Bertz CT molecular complexity index is 521. The molecule has 100 valence electrons. The van der Waals surface area contributed by atoms with E-state index >= 15 is 0 Å². The Hall–Kier alpha value is -0.830. The van der Waals surface area contributed by atoms with Gasteiger partial charge in [0.2, 0.25) is 10.0 Å². The molecule has 0 amide bonds. The van der Waals surface area contributed by atoms with Crippen LogP contribution in [-0.2, 0) is 10.0 Å². The van der Waals surface area contributed by atoms with Crippen LogP contribution in [0.1, 0.15) is 9.67 Å². The molecular formula is C10H13NO4S3. The molecule has 1 aromatic heterocycles. The van der Waals surface area contributed by atoms with E-state index in [2.05, 4.69) is 11.3 Å². The highest BCUT2D eigenvalue weighted by atomic mass is 32.2. The van der Waals surface area contributed by atoms with Crippen molar-refractivity contribution in [2.24, 2.45) is 0 Å². The van der Waals surface area contributed by atoms with Gasteiger partial charge in [0.25, 0.3) is 0 Å². The second-order valence-corrected chi connectivity index (χ2v) is 6.98. The summed E-state index contributed by atoms with van der Waals surface area (Å²) in [6.45, 7) is 3.82. The second kappa shape index (κ2) is 6.93. The largest absolute Gasteiger partial charge is 0.477 e. The summed E-state index contributed by atoms with van der Waals surface area (Å²) in [4.78, 5) is 10.5. The third-order valence-corrected chi connectivity index (χ3v) is 5.39. The van der Waals surface area contributed by atoms with Crippen molar-refractivity contribution in [1.29, 1.82) is 0 Å². The Kier molecular flexibility index (Phi) is 5.86. The smallest absolute Gasteiger partial charge is 0.347 e. The summed E-state index contributed by atoms with van der Waals surface area (Å²) in [5.74, 6) is 0.129. The van der Waals surface area contributed by atoms with E-state index in [1.807, 2.05) is 0 Å². The first-order valence-electron chi connectivity index (χ1n) is 4.98. The van der Waals surface area contributed by atoms with Crippen LogP contribution in [0.5, 0.6) is 0 Å². The third-order valence-electron chi connectivity index (χ3n) is 1.89. The molecule has 0 bridgehead atoms. The summed E-state index contributed by atoms with van der Waals surface area (Å²) in [5.41, 5.74) is 0. The van der Waals surface area contributed by atoms with Crippen LogP contribution in [-0.4, -0.2) is 37.5 Å². The molecular weight excluding hydrogens is 294 g/mol. The maximum absolute atomic E-state index is 11.9. The molecule has 0 fully saturated rings. The average Bonchev–Trinajstić information content (AvgIpc) is 2.78. The zero-order valence-electron chi connectivity index (χ0n) is 9.46. The van der Waals surface area contributed by atoms with Gasteiger partial charge in [-0.25, -0.2) is 17.9 Å². The molecule has 1 aromatic rings. The monoisotopic (exact) mass is 307 g/mol. The van der Waals surface area contributed by atoms with Crippen LogP contribution in [0.3, 0.4) is 0 Å². The minimum Gasteiger partial charge on any atom is -0.477 e. The molecule has 0 atom stereocenters. The minimum atomic E-state index is -3.74. The zero-order chi connectivity index (χ0) is 13.6. The Balaban J connectivity index is 2.66. The number of nitrogens with one attached hydrogen (secondary N) is 1. The van der Waals surface area contributed by atoms with E-state index in [9.17, 15) is 13.2 Å². The number of carboxylic acid groups (broad SMARTS) is 1. The number of hydrogen-bond acceptors (Lipinski definition) is 5. The fourth-order valence-electron chi connectivity index (χ4n) is 1.16. The summed E-state index contributed by atoms with van der Waals surface area (Å²) in [6, 6.07) is 1.30. The highest BCUT2D eigenvalue weighted by Gasteiger charge is 2.23. The van der Waals surface area contributed by atoms with Gasteiger partial charge >= 0.3 is 5.97 Å². The Morgan fingerprint density at radius 2 is 2.33 bits per heavy atom.